The number of benzene rings is 2. The number of hydrogen-bond acceptors (Lipinski definition) is 7. The zero-order valence-electron chi connectivity index (χ0n) is 17.5. The molecule has 0 bridgehead atoms. The number of aromatic nitrogens is 2. The first kappa shape index (κ1) is 20.7. The number of carbonyl (C=O) groups is 1. The van der Waals surface area contributed by atoms with Gasteiger partial charge in [0, 0.05) is 24.0 Å². The Kier molecular flexibility index (Phi) is 6.03. The van der Waals surface area contributed by atoms with Crippen LogP contribution in [0, 0.1) is 0 Å². The predicted molar refractivity (Wildman–Crippen MR) is 117 cm³/mol. The average Bonchev–Trinajstić information content (AvgIpc) is 2.81. The third kappa shape index (κ3) is 4.31. The van der Waals surface area contributed by atoms with Crippen LogP contribution in [0.2, 0.25) is 0 Å². The van der Waals surface area contributed by atoms with Gasteiger partial charge in [-0.2, -0.15) is 0 Å². The van der Waals surface area contributed by atoms with Crippen LogP contribution in [0.15, 0.2) is 47.3 Å². The number of nitrogens with zero attached hydrogens (tertiary/aromatic N) is 3. The third-order valence-corrected chi connectivity index (χ3v) is 5.17. The molecule has 162 valence electrons. The second-order valence-electron chi connectivity index (χ2n) is 7.08. The van der Waals surface area contributed by atoms with Crippen molar-refractivity contribution in [3.05, 3.63) is 58.4 Å². The molecule has 3 aromatic rings. The van der Waals surface area contributed by atoms with E-state index in [0.29, 0.717) is 54.6 Å². The smallest absolute Gasteiger partial charge is 0.294 e. The highest BCUT2D eigenvalue weighted by atomic mass is 16.5. The molecule has 0 atom stereocenters. The van der Waals surface area contributed by atoms with Gasteiger partial charge in [-0.05, 0) is 24.3 Å². The van der Waals surface area contributed by atoms with Crippen LogP contribution in [0.5, 0.6) is 11.5 Å². The SMILES string of the molecule is COc1ccc(OC)c(CC(=O)Nn2nc(N3CCOCC3)c3ccccc3c2=O)c1. The van der Waals surface area contributed by atoms with Gasteiger partial charge in [0.2, 0.25) is 5.91 Å². The molecule has 2 heterocycles. The maximum Gasteiger partial charge on any atom is 0.294 e. The first-order chi connectivity index (χ1) is 15.1. The van der Waals surface area contributed by atoms with Crippen LogP contribution in [0.4, 0.5) is 5.82 Å². The highest BCUT2D eigenvalue weighted by Gasteiger charge is 2.19. The summed E-state index contributed by atoms with van der Waals surface area (Å²) in [6.45, 7) is 2.47. The van der Waals surface area contributed by atoms with E-state index in [2.05, 4.69) is 15.4 Å². The maximum absolute atomic E-state index is 13.0. The Hall–Kier alpha value is -3.59. The van der Waals surface area contributed by atoms with Crippen molar-refractivity contribution in [2.45, 2.75) is 6.42 Å². The number of amides is 1. The van der Waals surface area contributed by atoms with E-state index in [4.69, 9.17) is 14.2 Å². The number of ether oxygens (including phenoxy) is 3. The van der Waals surface area contributed by atoms with E-state index in [9.17, 15) is 9.59 Å². The summed E-state index contributed by atoms with van der Waals surface area (Å²) >= 11 is 0. The molecule has 0 aliphatic carbocycles. The molecule has 31 heavy (non-hydrogen) atoms. The van der Waals surface area contributed by atoms with Gasteiger partial charge in [0.05, 0.1) is 39.2 Å². The van der Waals surface area contributed by atoms with Crippen LogP contribution < -0.4 is 25.4 Å². The zero-order valence-corrected chi connectivity index (χ0v) is 17.5. The summed E-state index contributed by atoms with van der Waals surface area (Å²) in [7, 11) is 3.09. The zero-order chi connectivity index (χ0) is 21.8. The van der Waals surface area contributed by atoms with Crippen molar-refractivity contribution < 1.29 is 19.0 Å². The molecule has 0 saturated carbocycles. The Balaban J connectivity index is 1.66. The second-order valence-corrected chi connectivity index (χ2v) is 7.08. The molecule has 4 rings (SSSR count). The summed E-state index contributed by atoms with van der Waals surface area (Å²) in [6, 6.07) is 12.5. The Morgan fingerprint density at radius 2 is 1.84 bits per heavy atom. The van der Waals surface area contributed by atoms with Crippen LogP contribution in [-0.4, -0.2) is 56.3 Å². The van der Waals surface area contributed by atoms with Crippen LogP contribution >= 0.6 is 0 Å². The number of morpholine rings is 1. The van der Waals surface area contributed by atoms with Crippen molar-refractivity contribution in [1.82, 2.24) is 9.89 Å². The number of carbonyl (C=O) groups excluding carboxylic acids is 1. The lowest BCUT2D eigenvalue weighted by Gasteiger charge is -2.29. The van der Waals surface area contributed by atoms with Gasteiger partial charge in [-0.1, -0.05) is 18.2 Å². The maximum atomic E-state index is 13.0. The van der Waals surface area contributed by atoms with E-state index in [0.717, 1.165) is 10.2 Å². The molecule has 1 aliphatic rings. The summed E-state index contributed by atoms with van der Waals surface area (Å²) in [5.41, 5.74) is 2.87. The van der Waals surface area contributed by atoms with Gasteiger partial charge in [0.1, 0.15) is 11.5 Å². The lowest BCUT2D eigenvalue weighted by molar-refractivity contribution is -0.116. The molecule has 2 aromatic carbocycles. The normalized spacial score (nSPS) is 13.8. The Bertz CT molecular complexity index is 1150. The van der Waals surface area contributed by atoms with Gasteiger partial charge in [-0.3, -0.25) is 9.59 Å². The van der Waals surface area contributed by atoms with Gasteiger partial charge in [-0.15, -0.1) is 9.89 Å². The summed E-state index contributed by atoms with van der Waals surface area (Å²) in [6.07, 6.45) is -0.00575. The molecule has 1 amide bonds. The summed E-state index contributed by atoms with van der Waals surface area (Å²) in [5.74, 6) is 1.41. The minimum absolute atomic E-state index is 0.00575. The molecule has 1 saturated heterocycles. The number of nitrogens with one attached hydrogen (secondary N) is 1. The lowest BCUT2D eigenvalue weighted by atomic mass is 10.1. The monoisotopic (exact) mass is 424 g/mol. The number of methoxy groups -OCH3 is 2. The molecule has 1 fully saturated rings. The topological polar surface area (TPSA) is 94.9 Å². The van der Waals surface area contributed by atoms with Crippen LogP contribution in [0.3, 0.4) is 0 Å². The molecule has 0 radical (unpaired) electrons. The third-order valence-electron chi connectivity index (χ3n) is 5.17. The van der Waals surface area contributed by atoms with Crippen molar-refractivity contribution in [3.8, 4) is 11.5 Å². The van der Waals surface area contributed by atoms with Crippen LogP contribution in [0.1, 0.15) is 5.56 Å². The average molecular weight is 424 g/mol. The van der Waals surface area contributed by atoms with Crippen molar-refractivity contribution in [2.24, 2.45) is 0 Å². The van der Waals surface area contributed by atoms with Gasteiger partial charge < -0.3 is 19.1 Å². The highest BCUT2D eigenvalue weighted by Crippen LogP contribution is 2.25. The van der Waals surface area contributed by atoms with E-state index in [-0.39, 0.29) is 6.42 Å². The molecular formula is C22H24N4O5. The fourth-order valence-corrected chi connectivity index (χ4v) is 3.61. The van der Waals surface area contributed by atoms with Crippen molar-refractivity contribution in [3.63, 3.8) is 0 Å². The van der Waals surface area contributed by atoms with Gasteiger partial charge >= 0.3 is 0 Å². The molecule has 9 heteroatoms. The minimum Gasteiger partial charge on any atom is -0.497 e. The molecule has 1 aliphatic heterocycles. The lowest BCUT2D eigenvalue weighted by Crippen LogP contribution is -2.41. The van der Waals surface area contributed by atoms with Gasteiger partial charge in [0.15, 0.2) is 5.82 Å². The van der Waals surface area contributed by atoms with E-state index in [1.165, 1.54) is 7.11 Å². The standard InChI is InChI=1S/C22H24N4O5/c1-29-16-7-8-19(30-2)15(13-16)14-20(27)23-26-22(28)18-6-4-3-5-17(18)21(24-26)25-9-11-31-12-10-25/h3-8,13H,9-12,14H2,1-2H3,(H,23,27). The van der Waals surface area contributed by atoms with E-state index in [1.807, 2.05) is 12.1 Å². The summed E-state index contributed by atoms with van der Waals surface area (Å²) in [4.78, 5) is 28.8. The van der Waals surface area contributed by atoms with Crippen LogP contribution in [0.25, 0.3) is 10.8 Å². The number of hydrogen-bond donors (Lipinski definition) is 1. The molecule has 9 nitrogen and oxygen atoms in total. The molecule has 1 aromatic heterocycles. The molecular weight excluding hydrogens is 400 g/mol. The quantitative estimate of drug-likeness (QED) is 0.642. The Labute approximate surface area is 179 Å². The summed E-state index contributed by atoms with van der Waals surface area (Å²) < 4.78 is 16.0. The van der Waals surface area contributed by atoms with Gasteiger partial charge in [0.25, 0.3) is 5.56 Å². The fourth-order valence-electron chi connectivity index (χ4n) is 3.61. The van der Waals surface area contributed by atoms with Crippen molar-refractivity contribution in [1.29, 1.82) is 0 Å². The first-order valence-corrected chi connectivity index (χ1v) is 9.96. The minimum atomic E-state index is -0.399. The molecule has 1 N–H and O–H groups in total. The molecule has 0 unspecified atom stereocenters. The number of fused-ring (bicyclic) bond motifs is 1. The summed E-state index contributed by atoms with van der Waals surface area (Å²) in [5, 5.41) is 5.70. The number of rotatable bonds is 6. The largest absolute Gasteiger partial charge is 0.497 e. The van der Waals surface area contributed by atoms with Gasteiger partial charge in [-0.25, -0.2) is 5.43 Å². The van der Waals surface area contributed by atoms with Crippen LogP contribution in [-0.2, 0) is 16.0 Å². The van der Waals surface area contributed by atoms with E-state index in [1.54, 1.807) is 37.4 Å². The van der Waals surface area contributed by atoms with E-state index >= 15 is 0 Å². The number of anilines is 1. The van der Waals surface area contributed by atoms with Crippen molar-refractivity contribution in [2.75, 3.05) is 50.8 Å². The molecule has 0 spiro atoms. The Morgan fingerprint density at radius 3 is 2.55 bits per heavy atom. The highest BCUT2D eigenvalue weighted by molar-refractivity contribution is 5.92. The van der Waals surface area contributed by atoms with E-state index < -0.39 is 11.5 Å². The van der Waals surface area contributed by atoms with Crippen molar-refractivity contribution >= 4 is 22.5 Å². The Morgan fingerprint density at radius 1 is 1.10 bits per heavy atom. The fraction of sp³-hybridized carbons (Fsp3) is 0.318. The second kappa shape index (κ2) is 9.05. The first-order valence-electron chi connectivity index (χ1n) is 9.96. The predicted octanol–water partition coefficient (Wildman–Crippen LogP) is 1.56.